The number of aromatic nitrogens is 2. The molecule has 1 atom stereocenters. The molecule has 1 amide bonds. The van der Waals surface area contributed by atoms with Gasteiger partial charge in [0.1, 0.15) is 0 Å². The smallest absolute Gasteiger partial charge is 0.254 e. The Kier molecular flexibility index (Phi) is 2.57. The number of rotatable bonds is 1. The summed E-state index contributed by atoms with van der Waals surface area (Å²) in [5, 5.41) is 11.3. The van der Waals surface area contributed by atoms with Gasteiger partial charge < -0.3 is 10.2 Å². The fourth-order valence-corrected chi connectivity index (χ4v) is 3.58. The molecule has 104 valence electrons. The van der Waals surface area contributed by atoms with Crippen molar-refractivity contribution in [3.63, 3.8) is 0 Å². The molecule has 2 aliphatic heterocycles. The van der Waals surface area contributed by atoms with Crippen LogP contribution in [0.3, 0.4) is 0 Å². The van der Waals surface area contributed by atoms with Gasteiger partial charge in [-0.25, -0.2) is 0 Å². The molecular weight excluding hydrogens is 252 g/mol. The molecule has 2 saturated heterocycles. The van der Waals surface area contributed by atoms with Crippen molar-refractivity contribution in [3.05, 3.63) is 30.0 Å². The molecule has 1 spiro atoms. The molecule has 2 N–H and O–H groups in total. The number of nitrogens with one attached hydrogen (secondary N) is 2. The van der Waals surface area contributed by atoms with E-state index < -0.39 is 0 Å². The van der Waals surface area contributed by atoms with Gasteiger partial charge in [0.15, 0.2) is 0 Å². The van der Waals surface area contributed by atoms with E-state index in [0.717, 1.165) is 49.1 Å². The average molecular weight is 270 g/mol. The van der Waals surface area contributed by atoms with E-state index in [1.807, 2.05) is 23.1 Å². The fourth-order valence-electron chi connectivity index (χ4n) is 3.58. The van der Waals surface area contributed by atoms with E-state index in [-0.39, 0.29) is 5.91 Å². The minimum Gasteiger partial charge on any atom is -0.338 e. The number of hydrogen-bond acceptors (Lipinski definition) is 3. The van der Waals surface area contributed by atoms with Crippen molar-refractivity contribution in [2.24, 2.45) is 5.41 Å². The molecule has 1 unspecified atom stereocenters. The van der Waals surface area contributed by atoms with E-state index in [9.17, 15) is 4.79 Å². The molecule has 2 aliphatic rings. The van der Waals surface area contributed by atoms with Crippen LogP contribution in [0.1, 0.15) is 23.2 Å². The van der Waals surface area contributed by atoms with Gasteiger partial charge >= 0.3 is 0 Å². The Balaban J connectivity index is 1.63. The van der Waals surface area contributed by atoms with Gasteiger partial charge in [-0.1, -0.05) is 6.07 Å². The largest absolute Gasteiger partial charge is 0.338 e. The third kappa shape index (κ3) is 1.73. The molecule has 0 saturated carbocycles. The lowest BCUT2D eigenvalue weighted by atomic mass is 9.86. The van der Waals surface area contributed by atoms with Crippen molar-refractivity contribution in [2.75, 3.05) is 26.2 Å². The van der Waals surface area contributed by atoms with Crippen molar-refractivity contribution < 1.29 is 4.79 Å². The molecule has 2 aromatic rings. The van der Waals surface area contributed by atoms with Crippen LogP contribution in [0.25, 0.3) is 10.9 Å². The van der Waals surface area contributed by atoms with Gasteiger partial charge in [0.05, 0.1) is 17.3 Å². The standard InChI is InChI=1S/C15H18N4O/c20-14(11-2-1-3-13-12(11)8-17-18-13)19-7-5-15(10-19)4-6-16-9-15/h1-3,8,16H,4-7,9-10H2,(H,17,18). The number of carbonyl (C=O) groups is 1. The van der Waals surface area contributed by atoms with Crippen LogP contribution in [0, 0.1) is 5.41 Å². The van der Waals surface area contributed by atoms with Crippen LogP contribution < -0.4 is 5.32 Å². The van der Waals surface area contributed by atoms with E-state index in [0.29, 0.717) is 5.41 Å². The van der Waals surface area contributed by atoms with E-state index in [1.165, 1.54) is 6.42 Å². The normalized spacial score (nSPS) is 25.9. The van der Waals surface area contributed by atoms with Gasteiger partial charge in [0.2, 0.25) is 0 Å². The molecule has 1 aromatic carbocycles. The SMILES string of the molecule is O=C(c1cccc2[nH]ncc12)N1CCC2(CCNC2)C1. The Morgan fingerprint density at radius 1 is 1.35 bits per heavy atom. The number of hydrogen-bond donors (Lipinski definition) is 2. The van der Waals surface area contributed by atoms with E-state index in [2.05, 4.69) is 15.5 Å². The van der Waals surface area contributed by atoms with Crippen LogP contribution in [-0.4, -0.2) is 47.2 Å². The highest BCUT2D eigenvalue weighted by Gasteiger charge is 2.42. The highest BCUT2D eigenvalue weighted by atomic mass is 16.2. The molecule has 0 radical (unpaired) electrons. The van der Waals surface area contributed by atoms with Gasteiger partial charge in [0, 0.05) is 30.4 Å². The lowest BCUT2D eigenvalue weighted by Gasteiger charge is -2.23. The van der Waals surface area contributed by atoms with E-state index >= 15 is 0 Å². The summed E-state index contributed by atoms with van der Waals surface area (Å²) >= 11 is 0. The number of amides is 1. The molecule has 20 heavy (non-hydrogen) atoms. The van der Waals surface area contributed by atoms with Crippen LogP contribution in [0.4, 0.5) is 0 Å². The maximum atomic E-state index is 12.8. The van der Waals surface area contributed by atoms with Gasteiger partial charge in [-0.2, -0.15) is 5.10 Å². The average Bonchev–Trinajstić information content (AvgIpc) is 3.19. The lowest BCUT2D eigenvalue weighted by Crippen LogP contribution is -2.33. The zero-order valence-corrected chi connectivity index (χ0v) is 11.4. The zero-order valence-electron chi connectivity index (χ0n) is 11.4. The first-order chi connectivity index (χ1) is 9.77. The second-order valence-electron chi connectivity index (χ2n) is 6.04. The van der Waals surface area contributed by atoms with Crippen molar-refractivity contribution >= 4 is 16.8 Å². The molecule has 0 bridgehead atoms. The number of benzene rings is 1. The first-order valence-electron chi connectivity index (χ1n) is 7.20. The lowest BCUT2D eigenvalue weighted by molar-refractivity contribution is 0.0777. The Morgan fingerprint density at radius 2 is 2.30 bits per heavy atom. The van der Waals surface area contributed by atoms with E-state index in [4.69, 9.17) is 0 Å². The monoisotopic (exact) mass is 270 g/mol. The number of carbonyl (C=O) groups excluding carboxylic acids is 1. The predicted molar refractivity (Wildman–Crippen MR) is 76.5 cm³/mol. The summed E-state index contributed by atoms with van der Waals surface area (Å²) in [5.74, 6) is 0.140. The number of likely N-dealkylation sites (tertiary alicyclic amines) is 1. The summed E-state index contributed by atoms with van der Waals surface area (Å²) in [6.45, 7) is 3.88. The first kappa shape index (κ1) is 11.9. The summed E-state index contributed by atoms with van der Waals surface area (Å²) in [6, 6.07) is 5.76. The van der Waals surface area contributed by atoms with Gasteiger partial charge in [-0.3, -0.25) is 9.89 Å². The summed E-state index contributed by atoms with van der Waals surface area (Å²) in [6.07, 6.45) is 4.05. The summed E-state index contributed by atoms with van der Waals surface area (Å²) in [4.78, 5) is 14.8. The van der Waals surface area contributed by atoms with Gasteiger partial charge in [0.25, 0.3) is 5.91 Å². The second-order valence-corrected chi connectivity index (χ2v) is 6.04. The van der Waals surface area contributed by atoms with Crippen LogP contribution in [0.5, 0.6) is 0 Å². The molecule has 4 rings (SSSR count). The van der Waals surface area contributed by atoms with Crippen LogP contribution >= 0.6 is 0 Å². The zero-order chi connectivity index (χ0) is 13.6. The Labute approximate surface area is 117 Å². The maximum absolute atomic E-state index is 12.8. The minimum absolute atomic E-state index is 0.140. The van der Waals surface area contributed by atoms with Crippen molar-refractivity contribution in [2.45, 2.75) is 12.8 Å². The summed E-state index contributed by atoms with van der Waals surface area (Å²) in [5.41, 5.74) is 2.01. The molecule has 3 heterocycles. The highest BCUT2D eigenvalue weighted by molar-refractivity contribution is 6.06. The molecule has 5 nitrogen and oxygen atoms in total. The predicted octanol–water partition coefficient (Wildman–Crippen LogP) is 1.39. The number of fused-ring (bicyclic) bond motifs is 1. The van der Waals surface area contributed by atoms with Crippen LogP contribution in [0.2, 0.25) is 0 Å². The molecular formula is C15H18N4O. The Bertz CT molecular complexity index is 657. The third-order valence-corrected chi connectivity index (χ3v) is 4.77. The molecule has 5 heteroatoms. The quantitative estimate of drug-likeness (QED) is 0.823. The van der Waals surface area contributed by atoms with Crippen molar-refractivity contribution in [1.29, 1.82) is 0 Å². The Hall–Kier alpha value is -1.88. The van der Waals surface area contributed by atoms with E-state index in [1.54, 1.807) is 6.20 Å². The van der Waals surface area contributed by atoms with Crippen LogP contribution in [-0.2, 0) is 0 Å². The Morgan fingerprint density at radius 3 is 3.15 bits per heavy atom. The van der Waals surface area contributed by atoms with Crippen molar-refractivity contribution in [1.82, 2.24) is 20.4 Å². The van der Waals surface area contributed by atoms with Crippen molar-refractivity contribution in [3.8, 4) is 0 Å². The number of aromatic amines is 1. The highest BCUT2D eigenvalue weighted by Crippen LogP contribution is 2.36. The fraction of sp³-hybridized carbons (Fsp3) is 0.467. The molecule has 2 fully saturated rings. The van der Waals surface area contributed by atoms with Crippen LogP contribution in [0.15, 0.2) is 24.4 Å². The summed E-state index contributed by atoms with van der Waals surface area (Å²) in [7, 11) is 0. The van der Waals surface area contributed by atoms with Gasteiger partial charge in [-0.15, -0.1) is 0 Å². The maximum Gasteiger partial charge on any atom is 0.254 e. The topological polar surface area (TPSA) is 61.0 Å². The van der Waals surface area contributed by atoms with Gasteiger partial charge in [-0.05, 0) is 31.5 Å². The summed E-state index contributed by atoms with van der Waals surface area (Å²) < 4.78 is 0. The second kappa shape index (κ2) is 4.31. The third-order valence-electron chi connectivity index (χ3n) is 4.77. The molecule has 1 aromatic heterocycles. The minimum atomic E-state index is 0.140. The molecule has 0 aliphatic carbocycles. The first-order valence-corrected chi connectivity index (χ1v) is 7.20. The number of H-pyrrole nitrogens is 1. The number of nitrogens with zero attached hydrogens (tertiary/aromatic N) is 2.